The summed E-state index contributed by atoms with van der Waals surface area (Å²) >= 11 is 0. The van der Waals surface area contributed by atoms with E-state index in [1.165, 1.54) is 16.8 Å². The van der Waals surface area contributed by atoms with Crippen LogP contribution in [0.4, 0.5) is 17.2 Å². The normalized spacial score (nSPS) is 14.9. The van der Waals surface area contributed by atoms with Crippen molar-refractivity contribution in [3.63, 3.8) is 0 Å². The number of pyridine rings is 1. The second kappa shape index (κ2) is 6.24. The Morgan fingerprint density at radius 1 is 1.09 bits per heavy atom. The van der Waals surface area contributed by atoms with Crippen LogP contribution in [0.5, 0.6) is 0 Å². The summed E-state index contributed by atoms with van der Waals surface area (Å²) in [5, 5.41) is 11.2. The molecule has 0 amide bonds. The molecule has 1 N–H and O–H groups in total. The highest BCUT2D eigenvalue weighted by atomic mass is 16.6. The van der Waals surface area contributed by atoms with E-state index in [-0.39, 0.29) is 10.6 Å². The molecular weight excluding hydrogens is 292 g/mol. The van der Waals surface area contributed by atoms with Crippen LogP contribution in [0.1, 0.15) is 11.1 Å². The van der Waals surface area contributed by atoms with Crippen LogP contribution in [-0.2, 0) is 0 Å². The van der Waals surface area contributed by atoms with Crippen molar-refractivity contribution in [3.8, 4) is 0 Å². The van der Waals surface area contributed by atoms with Crippen molar-refractivity contribution in [3.05, 3.63) is 57.8 Å². The van der Waals surface area contributed by atoms with E-state index < -0.39 is 0 Å². The second-order valence-electron chi connectivity index (χ2n) is 5.93. The summed E-state index contributed by atoms with van der Waals surface area (Å²) in [5.41, 5.74) is 3.92. The summed E-state index contributed by atoms with van der Waals surface area (Å²) < 4.78 is 0. The number of aryl methyl sites for hydroxylation is 2. The van der Waals surface area contributed by atoms with Crippen molar-refractivity contribution in [2.45, 2.75) is 13.8 Å². The quantitative estimate of drug-likeness (QED) is 0.644. The molecule has 23 heavy (non-hydrogen) atoms. The maximum Gasteiger partial charge on any atom is 0.357 e. The molecule has 1 aromatic heterocycles. The lowest BCUT2D eigenvalue weighted by molar-refractivity contribution is -0.411. The largest absolute Gasteiger partial charge is 0.363 e. The molecule has 6 heteroatoms. The molecule has 0 saturated carbocycles. The molecule has 1 aromatic carbocycles. The summed E-state index contributed by atoms with van der Waals surface area (Å²) in [7, 11) is 0. The molecule has 0 radical (unpaired) electrons. The summed E-state index contributed by atoms with van der Waals surface area (Å²) in [6.45, 7) is 7.44. The van der Waals surface area contributed by atoms with Gasteiger partial charge in [-0.05, 0) is 31.5 Å². The van der Waals surface area contributed by atoms with E-state index in [2.05, 4.69) is 46.8 Å². The molecule has 0 aliphatic carbocycles. The predicted octanol–water partition coefficient (Wildman–Crippen LogP) is 2.35. The molecular formula is C17H21N4O2+. The highest BCUT2D eigenvalue weighted by Crippen LogP contribution is 2.26. The Morgan fingerprint density at radius 2 is 1.78 bits per heavy atom. The smallest absolute Gasteiger partial charge is 0.357 e. The Bertz CT molecular complexity index is 724. The van der Waals surface area contributed by atoms with Crippen LogP contribution in [0.25, 0.3) is 0 Å². The number of benzene rings is 1. The number of piperazine rings is 1. The van der Waals surface area contributed by atoms with Gasteiger partial charge in [0.1, 0.15) is 13.1 Å². The Labute approximate surface area is 135 Å². The van der Waals surface area contributed by atoms with Gasteiger partial charge in [0.15, 0.2) is 0 Å². The van der Waals surface area contributed by atoms with Crippen LogP contribution in [0, 0.1) is 24.0 Å². The molecule has 1 aliphatic rings. The Morgan fingerprint density at radius 3 is 2.43 bits per heavy atom. The molecule has 0 atom stereocenters. The molecule has 1 saturated heterocycles. The van der Waals surface area contributed by atoms with E-state index >= 15 is 0 Å². The van der Waals surface area contributed by atoms with E-state index in [0.29, 0.717) is 5.82 Å². The fraction of sp³-hybridized carbons (Fsp3) is 0.353. The highest BCUT2D eigenvalue weighted by Gasteiger charge is 2.31. The van der Waals surface area contributed by atoms with Crippen LogP contribution in [-0.4, -0.2) is 31.1 Å². The van der Waals surface area contributed by atoms with Gasteiger partial charge in [0, 0.05) is 11.8 Å². The molecule has 0 bridgehead atoms. The zero-order valence-corrected chi connectivity index (χ0v) is 13.5. The topological polar surface area (TPSA) is 63.8 Å². The number of aromatic nitrogens is 1. The SMILES string of the molecule is Cc1ccc(N2CCN(c3[nH+]cccc3[N+](=O)[O-])CC2)c(C)c1. The van der Waals surface area contributed by atoms with E-state index in [1.807, 2.05) is 0 Å². The lowest BCUT2D eigenvalue weighted by atomic mass is 10.1. The maximum absolute atomic E-state index is 11.2. The molecule has 1 fully saturated rings. The van der Waals surface area contributed by atoms with Gasteiger partial charge in [-0.15, -0.1) is 0 Å². The van der Waals surface area contributed by atoms with E-state index in [0.717, 1.165) is 26.2 Å². The number of nitrogens with zero attached hydrogens (tertiary/aromatic N) is 3. The molecule has 2 heterocycles. The first kappa shape index (κ1) is 15.3. The Balaban J connectivity index is 1.75. The van der Waals surface area contributed by atoms with Gasteiger partial charge in [-0.1, -0.05) is 17.7 Å². The first-order valence-electron chi connectivity index (χ1n) is 7.78. The fourth-order valence-electron chi connectivity index (χ4n) is 3.15. The average molecular weight is 313 g/mol. The molecule has 2 aromatic rings. The molecule has 6 nitrogen and oxygen atoms in total. The first-order chi connectivity index (χ1) is 11.1. The summed E-state index contributed by atoms with van der Waals surface area (Å²) in [5.74, 6) is 0.595. The van der Waals surface area contributed by atoms with Crippen LogP contribution in [0.3, 0.4) is 0 Å². The third-order valence-electron chi connectivity index (χ3n) is 4.30. The summed E-state index contributed by atoms with van der Waals surface area (Å²) in [4.78, 5) is 18.3. The van der Waals surface area contributed by atoms with Gasteiger partial charge in [-0.2, -0.15) is 0 Å². The minimum atomic E-state index is -0.331. The average Bonchev–Trinajstić information content (AvgIpc) is 2.55. The van der Waals surface area contributed by atoms with Crippen LogP contribution < -0.4 is 14.8 Å². The Hall–Kier alpha value is -2.63. The van der Waals surface area contributed by atoms with Gasteiger partial charge >= 0.3 is 11.5 Å². The van der Waals surface area contributed by atoms with Crippen LogP contribution in [0.2, 0.25) is 0 Å². The van der Waals surface area contributed by atoms with Gasteiger partial charge in [0.2, 0.25) is 0 Å². The third-order valence-corrected chi connectivity index (χ3v) is 4.30. The van der Waals surface area contributed by atoms with Gasteiger partial charge < -0.3 is 4.90 Å². The molecule has 3 rings (SSSR count). The van der Waals surface area contributed by atoms with Gasteiger partial charge in [0.05, 0.1) is 24.2 Å². The molecule has 1 aliphatic heterocycles. The van der Waals surface area contributed by atoms with Crippen LogP contribution >= 0.6 is 0 Å². The van der Waals surface area contributed by atoms with Crippen LogP contribution in [0.15, 0.2) is 36.5 Å². The summed E-state index contributed by atoms with van der Waals surface area (Å²) in [6.07, 6.45) is 1.73. The fourth-order valence-corrected chi connectivity index (χ4v) is 3.15. The number of hydrogen-bond acceptors (Lipinski definition) is 4. The predicted molar refractivity (Wildman–Crippen MR) is 90.0 cm³/mol. The van der Waals surface area contributed by atoms with Crippen molar-refractivity contribution in [1.29, 1.82) is 0 Å². The maximum atomic E-state index is 11.2. The van der Waals surface area contributed by atoms with E-state index in [4.69, 9.17) is 0 Å². The lowest BCUT2D eigenvalue weighted by Crippen LogP contribution is -2.48. The third kappa shape index (κ3) is 3.11. The zero-order chi connectivity index (χ0) is 16.4. The summed E-state index contributed by atoms with van der Waals surface area (Å²) in [6, 6.07) is 9.69. The minimum absolute atomic E-state index is 0.132. The molecule has 0 spiro atoms. The minimum Gasteiger partial charge on any atom is -0.363 e. The van der Waals surface area contributed by atoms with Gasteiger partial charge in [-0.3, -0.25) is 15.0 Å². The van der Waals surface area contributed by atoms with Crippen molar-refractivity contribution in [2.24, 2.45) is 0 Å². The number of aromatic amines is 1. The standard InChI is InChI=1S/C17H20N4O2/c1-13-5-6-15(14(2)12-13)19-8-10-20(11-9-19)17-16(21(22)23)4-3-7-18-17/h3-7,12H,8-11H2,1-2H3/p+1. The van der Waals surface area contributed by atoms with E-state index in [1.54, 1.807) is 18.3 Å². The number of nitrogens with one attached hydrogen (secondary N) is 1. The molecule has 120 valence electrons. The number of H-pyrrole nitrogens is 1. The van der Waals surface area contributed by atoms with Crippen molar-refractivity contribution < 1.29 is 9.91 Å². The second-order valence-corrected chi connectivity index (χ2v) is 5.93. The zero-order valence-electron chi connectivity index (χ0n) is 13.5. The number of anilines is 2. The number of nitro groups is 1. The van der Waals surface area contributed by atoms with Crippen molar-refractivity contribution in [1.82, 2.24) is 0 Å². The van der Waals surface area contributed by atoms with Gasteiger partial charge in [-0.25, -0.2) is 4.98 Å². The first-order valence-corrected chi connectivity index (χ1v) is 7.78. The van der Waals surface area contributed by atoms with Crippen molar-refractivity contribution >= 4 is 17.2 Å². The van der Waals surface area contributed by atoms with E-state index in [9.17, 15) is 10.1 Å². The van der Waals surface area contributed by atoms with Crippen molar-refractivity contribution in [2.75, 3.05) is 36.0 Å². The number of rotatable bonds is 3. The van der Waals surface area contributed by atoms with Gasteiger partial charge in [0.25, 0.3) is 0 Å². The Kier molecular flexibility index (Phi) is 4.14. The lowest BCUT2D eigenvalue weighted by Gasteiger charge is -2.33. The highest BCUT2D eigenvalue weighted by molar-refractivity contribution is 5.58. The monoisotopic (exact) mass is 313 g/mol. The molecule has 0 unspecified atom stereocenters. The number of hydrogen-bond donors (Lipinski definition) is 0.